The van der Waals surface area contributed by atoms with Crippen LogP contribution in [0.15, 0.2) is 14.9 Å². The van der Waals surface area contributed by atoms with Crippen molar-refractivity contribution in [2.24, 2.45) is 0 Å². The van der Waals surface area contributed by atoms with Crippen LogP contribution in [0.25, 0.3) is 0 Å². The van der Waals surface area contributed by atoms with E-state index in [2.05, 4.69) is 15.5 Å². The molecule has 0 unspecified atom stereocenters. The van der Waals surface area contributed by atoms with E-state index in [4.69, 9.17) is 5.73 Å². The molecule has 9 nitrogen and oxygen atoms in total. The quantitative estimate of drug-likeness (QED) is 0.470. The molecule has 0 spiro atoms. The third kappa shape index (κ3) is 2.42. The van der Waals surface area contributed by atoms with Crippen LogP contribution in [0.5, 0.6) is 0 Å². The SMILES string of the molecule is Nc1nnc(SC2=C(C(=O)O)N3C(=O)[C@@H](NC=O)[C@@H]3SC2)s1. The zero-order chi connectivity index (χ0) is 15.9. The first-order chi connectivity index (χ1) is 10.5. The smallest absolute Gasteiger partial charge is 0.353 e. The molecule has 2 amide bonds. The van der Waals surface area contributed by atoms with Crippen LogP contribution in [0, 0.1) is 0 Å². The Morgan fingerprint density at radius 3 is 2.91 bits per heavy atom. The van der Waals surface area contributed by atoms with Gasteiger partial charge in [0.1, 0.15) is 17.1 Å². The highest BCUT2D eigenvalue weighted by atomic mass is 32.2. The van der Waals surface area contributed by atoms with Crippen molar-refractivity contribution in [1.29, 1.82) is 0 Å². The number of fused-ring (bicyclic) bond motifs is 1. The number of hydrogen-bond acceptors (Lipinski definition) is 9. The van der Waals surface area contributed by atoms with Crippen LogP contribution in [-0.2, 0) is 14.4 Å². The minimum atomic E-state index is -1.19. The van der Waals surface area contributed by atoms with Gasteiger partial charge >= 0.3 is 5.97 Å². The van der Waals surface area contributed by atoms with E-state index < -0.39 is 23.3 Å². The van der Waals surface area contributed by atoms with Gasteiger partial charge in [-0.1, -0.05) is 23.1 Å². The van der Waals surface area contributed by atoms with Crippen molar-refractivity contribution in [1.82, 2.24) is 20.4 Å². The van der Waals surface area contributed by atoms with E-state index in [0.29, 0.717) is 21.4 Å². The number of nitrogen functional groups attached to an aromatic ring is 1. The molecule has 2 aliphatic heterocycles. The van der Waals surface area contributed by atoms with Crippen molar-refractivity contribution in [3.63, 3.8) is 0 Å². The number of β-lactam (4-membered cyclic amide) rings is 1. The highest BCUT2D eigenvalue weighted by Crippen LogP contribution is 2.45. The van der Waals surface area contributed by atoms with E-state index in [0.717, 1.165) is 23.1 Å². The maximum absolute atomic E-state index is 12.0. The highest BCUT2D eigenvalue weighted by molar-refractivity contribution is 8.07. The molecular weight excluding hydrogens is 350 g/mol. The number of aliphatic carboxylic acids is 1. The van der Waals surface area contributed by atoms with Crippen molar-refractivity contribution < 1.29 is 19.5 Å². The van der Waals surface area contributed by atoms with Gasteiger partial charge in [-0.3, -0.25) is 14.5 Å². The molecule has 22 heavy (non-hydrogen) atoms. The lowest BCUT2D eigenvalue weighted by Crippen LogP contribution is -2.69. The Hall–Kier alpha value is -1.79. The molecular formula is C10H9N5O4S3. The second-order valence-electron chi connectivity index (χ2n) is 4.26. The van der Waals surface area contributed by atoms with Gasteiger partial charge in [0.2, 0.25) is 11.5 Å². The van der Waals surface area contributed by atoms with Crippen molar-refractivity contribution >= 4 is 58.3 Å². The summed E-state index contributed by atoms with van der Waals surface area (Å²) in [7, 11) is 0. The molecule has 0 bridgehead atoms. The third-order valence-corrected chi connectivity index (χ3v) is 6.37. The number of carboxylic acid groups (broad SMARTS) is 1. The largest absolute Gasteiger partial charge is 0.477 e. The van der Waals surface area contributed by atoms with Crippen LogP contribution in [0.4, 0.5) is 5.13 Å². The number of rotatable bonds is 5. The standard InChI is InChI=1S/C10H9N5O4S3/c11-9-13-14-10(22-9)21-3-1-20-7-4(12-2-16)6(17)15(7)5(3)8(18)19/h2,4,7H,1H2,(H2,11,13)(H,12,16)(H,18,19)/t4-,7+/m1/s1. The van der Waals surface area contributed by atoms with Crippen LogP contribution in [0.2, 0.25) is 0 Å². The van der Waals surface area contributed by atoms with Crippen LogP contribution >= 0.6 is 34.9 Å². The number of nitrogens with one attached hydrogen (secondary N) is 1. The summed E-state index contributed by atoms with van der Waals surface area (Å²) in [5.74, 6) is -1.23. The zero-order valence-electron chi connectivity index (χ0n) is 10.8. The molecule has 3 rings (SSSR count). The predicted octanol–water partition coefficient (Wildman–Crippen LogP) is -0.462. The summed E-state index contributed by atoms with van der Waals surface area (Å²) in [5.41, 5.74) is 5.43. The van der Waals surface area contributed by atoms with E-state index in [9.17, 15) is 19.5 Å². The zero-order valence-corrected chi connectivity index (χ0v) is 13.2. The summed E-state index contributed by atoms with van der Waals surface area (Å²) in [6, 6.07) is -0.680. The molecule has 4 N–H and O–H groups in total. The maximum Gasteiger partial charge on any atom is 0.353 e. The van der Waals surface area contributed by atoms with Gasteiger partial charge in [0.25, 0.3) is 5.91 Å². The second-order valence-corrected chi connectivity index (χ2v) is 7.71. The molecule has 0 radical (unpaired) electrons. The van der Waals surface area contributed by atoms with E-state index in [1.54, 1.807) is 0 Å². The van der Waals surface area contributed by atoms with Gasteiger partial charge in [-0.25, -0.2) is 4.79 Å². The lowest BCUT2D eigenvalue weighted by molar-refractivity contribution is -0.149. The maximum atomic E-state index is 12.0. The van der Waals surface area contributed by atoms with Gasteiger partial charge < -0.3 is 16.2 Å². The number of thioether (sulfide) groups is 2. The highest BCUT2D eigenvalue weighted by Gasteiger charge is 2.53. The Morgan fingerprint density at radius 1 is 1.55 bits per heavy atom. The number of aromatic nitrogens is 2. The number of nitrogens with zero attached hydrogens (tertiary/aromatic N) is 3. The minimum Gasteiger partial charge on any atom is -0.477 e. The molecule has 12 heteroatoms. The van der Waals surface area contributed by atoms with Crippen LogP contribution in [-0.4, -0.2) is 55.7 Å². The molecule has 3 heterocycles. The number of carboxylic acids is 1. The van der Waals surface area contributed by atoms with E-state index >= 15 is 0 Å². The molecule has 0 aromatic carbocycles. The van der Waals surface area contributed by atoms with Gasteiger partial charge in [0.15, 0.2) is 4.34 Å². The van der Waals surface area contributed by atoms with Gasteiger partial charge in [-0.2, -0.15) is 0 Å². The summed E-state index contributed by atoms with van der Waals surface area (Å²) in [6.45, 7) is 0. The van der Waals surface area contributed by atoms with Crippen LogP contribution in [0.1, 0.15) is 0 Å². The third-order valence-electron chi connectivity index (χ3n) is 3.02. The van der Waals surface area contributed by atoms with Gasteiger partial charge in [-0.15, -0.1) is 22.0 Å². The fourth-order valence-corrected chi connectivity index (χ4v) is 5.42. The molecule has 1 saturated heterocycles. The fourth-order valence-electron chi connectivity index (χ4n) is 2.13. The van der Waals surface area contributed by atoms with E-state index in [1.165, 1.54) is 16.7 Å². The predicted molar refractivity (Wildman–Crippen MR) is 80.9 cm³/mol. The summed E-state index contributed by atoms with van der Waals surface area (Å²) in [5, 5.41) is 19.2. The number of amides is 2. The minimum absolute atomic E-state index is 0.0727. The van der Waals surface area contributed by atoms with Crippen molar-refractivity contribution in [2.45, 2.75) is 15.8 Å². The molecule has 116 valence electrons. The van der Waals surface area contributed by atoms with Crippen molar-refractivity contribution in [3.05, 3.63) is 10.6 Å². The topological polar surface area (TPSA) is 139 Å². The lowest BCUT2D eigenvalue weighted by Gasteiger charge is -2.48. The van der Waals surface area contributed by atoms with Crippen LogP contribution < -0.4 is 11.1 Å². The Balaban J connectivity index is 1.89. The Bertz CT molecular complexity index is 690. The summed E-state index contributed by atoms with van der Waals surface area (Å²) in [6.07, 6.45) is 0.443. The molecule has 2 atom stereocenters. The summed E-state index contributed by atoms with van der Waals surface area (Å²) >= 11 is 3.67. The lowest BCUT2D eigenvalue weighted by atomic mass is 10.1. The average Bonchev–Trinajstić information content (AvgIpc) is 2.89. The first-order valence-corrected chi connectivity index (χ1v) is 8.58. The first-order valence-electron chi connectivity index (χ1n) is 5.90. The molecule has 1 fully saturated rings. The van der Waals surface area contributed by atoms with Crippen molar-refractivity contribution in [3.8, 4) is 0 Å². The van der Waals surface area contributed by atoms with E-state index in [1.807, 2.05) is 0 Å². The fraction of sp³-hybridized carbons (Fsp3) is 0.300. The Kier molecular flexibility index (Phi) is 3.97. The number of carbonyl (C=O) groups is 3. The second kappa shape index (κ2) is 5.78. The van der Waals surface area contributed by atoms with Crippen molar-refractivity contribution in [2.75, 3.05) is 11.5 Å². The summed E-state index contributed by atoms with van der Waals surface area (Å²) < 4.78 is 0.515. The number of carbonyl (C=O) groups excluding carboxylic acids is 2. The molecule has 0 saturated carbocycles. The Labute approximate surface area is 136 Å². The van der Waals surface area contributed by atoms with Gasteiger partial charge in [-0.05, 0) is 0 Å². The number of hydrogen-bond donors (Lipinski definition) is 3. The first kappa shape index (κ1) is 15.1. The molecule has 0 aliphatic carbocycles. The van der Waals surface area contributed by atoms with Crippen LogP contribution in [0.3, 0.4) is 0 Å². The number of nitrogens with two attached hydrogens (primary N) is 1. The Morgan fingerprint density at radius 2 is 2.32 bits per heavy atom. The molecule has 1 aromatic heterocycles. The normalized spacial score (nSPS) is 23.8. The molecule has 1 aromatic rings. The summed E-state index contributed by atoms with van der Waals surface area (Å²) in [4.78, 5) is 35.8. The number of anilines is 1. The van der Waals surface area contributed by atoms with Gasteiger partial charge in [0.05, 0.1) is 0 Å². The molecule has 2 aliphatic rings. The van der Waals surface area contributed by atoms with Gasteiger partial charge in [0, 0.05) is 10.7 Å². The monoisotopic (exact) mass is 359 g/mol. The average molecular weight is 359 g/mol. The van der Waals surface area contributed by atoms with E-state index in [-0.39, 0.29) is 10.8 Å².